The van der Waals surface area contributed by atoms with Crippen molar-refractivity contribution in [3.05, 3.63) is 35.2 Å². The highest BCUT2D eigenvalue weighted by atomic mass is 15.1. The minimum atomic E-state index is 0.570. The molecule has 0 aliphatic heterocycles. The fraction of sp³-hybridized carbons (Fsp3) is 0.462. The number of aromatic nitrogens is 2. The highest BCUT2D eigenvalue weighted by Crippen LogP contribution is 2.40. The average Bonchev–Trinajstić information content (AvgIpc) is 2.38. The van der Waals surface area contributed by atoms with Crippen LogP contribution in [0.3, 0.4) is 0 Å². The van der Waals surface area contributed by atoms with E-state index in [-0.39, 0.29) is 0 Å². The van der Waals surface area contributed by atoms with E-state index in [0.717, 1.165) is 12.8 Å². The zero-order valence-corrected chi connectivity index (χ0v) is 9.19. The lowest BCUT2D eigenvalue weighted by Crippen LogP contribution is -2.23. The molecule has 82 valence electrons. The van der Waals surface area contributed by atoms with Crippen LogP contribution in [0.2, 0.25) is 0 Å². The average molecular weight is 213 g/mol. The Hall–Kier alpha value is -1.51. The van der Waals surface area contributed by atoms with Crippen LogP contribution in [-0.2, 0) is 6.42 Å². The fourth-order valence-electron chi connectivity index (χ4n) is 2.89. The lowest BCUT2D eigenvalue weighted by atomic mass is 9.73. The highest BCUT2D eigenvalue weighted by Gasteiger charge is 2.30. The van der Waals surface area contributed by atoms with Gasteiger partial charge in [-0.3, -0.25) is 0 Å². The van der Waals surface area contributed by atoms with E-state index in [4.69, 9.17) is 5.41 Å². The van der Waals surface area contributed by atoms with Crippen molar-refractivity contribution in [2.24, 2.45) is 5.92 Å². The van der Waals surface area contributed by atoms with Gasteiger partial charge in [-0.2, -0.15) is 5.10 Å². The van der Waals surface area contributed by atoms with Gasteiger partial charge < -0.3 is 5.41 Å². The summed E-state index contributed by atoms with van der Waals surface area (Å²) >= 11 is 0. The quantitative estimate of drug-likeness (QED) is 0.575. The molecule has 0 fully saturated rings. The van der Waals surface area contributed by atoms with Gasteiger partial charge in [0, 0.05) is 12.1 Å². The maximum atomic E-state index is 7.20. The van der Waals surface area contributed by atoms with Crippen molar-refractivity contribution >= 4 is 6.21 Å². The second-order valence-electron chi connectivity index (χ2n) is 4.64. The summed E-state index contributed by atoms with van der Waals surface area (Å²) < 4.78 is 0. The van der Waals surface area contributed by atoms with E-state index in [2.05, 4.69) is 22.3 Å². The first-order valence-corrected chi connectivity index (χ1v) is 5.92. The molecule has 0 aromatic carbocycles. The number of hydrogen-bond acceptors (Lipinski definition) is 3. The Morgan fingerprint density at radius 1 is 1.31 bits per heavy atom. The van der Waals surface area contributed by atoms with Crippen LogP contribution in [0.1, 0.15) is 42.1 Å². The molecule has 1 N–H and O–H groups in total. The molecular formula is C13H15N3. The molecule has 3 nitrogen and oxygen atoms in total. The Kier molecular flexibility index (Phi) is 2.31. The summed E-state index contributed by atoms with van der Waals surface area (Å²) in [5.41, 5.74) is 3.18. The molecule has 16 heavy (non-hydrogen) atoms. The van der Waals surface area contributed by atoms with Crippen LogP contribution in [0.4, 0.5) is 0 Å². The predicted molar refractivity (Wildman–Crippen MR) is 62.8 cm³/mol. The largest absolute Gasteiger partial charge is 0.306 e. The second-order valence-corrected chi connectivity index (χ2v) is 4.64. The summed E-state index contributed by atoms with van der Waals surface area (Å²) in [5, 5.41) is 15.6. The summed E-state index contributed by atoms with van der Waals surface area (Å²) in [4.78, 5) is 0. The molecule has 0 radical (unpaired) electrons. The van der Waals surface area contributed by atoms with Gasteiger partial charge in [0.15, 0.2) is 0 Å². The molecule has 0 saturated heterocycles. The third kappa shape index (κ3) is 1.47. The van der Waals surface area contributed by atoms with Gasteiger partial charge in [0.2, 0.25) is 0 Å². The first-order valence-electron chi connectivity index (χ1n) is 5.92. The van der Waals surface area contributed by atoms with E-state index in [1.807, 2.05) is 6.07 Å². The van der Waals surface area contributed by atoms with Crippen LogP contribution in [0.5, 0.6) is 0 Å². The predicted octanol–water partition coefficient (Wildman–Crippen LogP) is 2.47. The van der Waals surface area contributed by atoms with Crippen LogP contribution >= 0.6 is 0 Å². The Morgan fingerprint density at radius 3 is 3.12 bits per heavy atom. The van der Waals surface area contributed by atoms with Crippen molar-refractivity contribution in [1.82, 2.24) is 10.2 Å². The summed E-state index contributed by atoms with van der Waals surface area (Å²) in [6.45, 7) is 0. The SMILES string of the molecule is N=Cc1cc2c(nn1)C1CCC=CC1CC2. The molecule has 3 rings (SSSR count). The van der Waals surface area contributed by atoms with Crippen molar-refractivity contribution in [1.29, 1.82) is 5.41 Å². The molecule has 2 aliphatic rings. The maximum absolute atomic E-state index is 7.20. The first-order chi connectivity index (χ1) is 7.88. The molecule has 2 atom stereocenters. The first kappa shape index (κ1) is 9.70. The van der Waals surface area contributed by atoms with E-state index in [1.54, 1.807) is 0 Å². The van der Waals surface area contributed by atoms with Crippen molar-refractivity contribution in [2.45, 2.75) is 31.6 Å². The van der Waals surface area contributed by atoms with Crippen LogP contribution < -0.4 is 0 Å². The molecule has 0 bridgehead atoms. The van der Waals surface area contributed by atoms with Crippen LogP contribution in [-0.4, -0.2) is 16.4 Å². The van der Waals surface area contributed by atoms with Gasteiger partial charge in [0.25, 0.3) is 0 Å². The molecular weight excluding hydrogens is 198 g/mol. The van der Waals surface area contributed by atoms with Crippen molar-refractivity contribution < 1.29 is 0 Å². The molecule has 1 aromatic rings. The number of rotatable bonds is 1. The van der Waals surface area contributed by atoms with E-state index in [1.165, 1.54) is 30.3 Å². The van der Waals surface area contributed by atoms with E-state index < -0.39 is 0 Å². The Labute approximate surface area is 95.1 Å². The molecule has 0 spiro atoms. The normalized spacial score (nSPS) is 27.0. The van der Waals surface area contributed by atoms with Crippen LogP contribution in [0.25, 0.3) is 0 Å². The van der Waals surface area contributed by atoms with Crippen molar-refractivity contribution in [3.63, 3.8) is 0 Å². The van der Waals surface area contributed by atoms with Gasteiger partial charge in [-0.1, -0.05) is 12.2 Å². The molecule has 0 saturated carbocycles. The lowest BCUT2D eigenvalue weighted by molar-refractivity contribution is 0.395. The monoisotopic (exact) mass is 213 g/mol. The van der Waals surface area contributed by atoms with Gasteiger partial charge in [-0.05, 0) is 43.2 Å². The standard InChI is InChI=1S/C13H15N3/c14-8-11-7-10-6-5-9-3-1-2-4-12(9)13(10)16-15-11/h1,3,7-9,12,14H,2,4-6H2. The maximum Gasteiger partial charge on any atom is 0.104 e. The summed E-state index contributed by atoms with van der Waals surface area (Å²) in [6.07, 6.45) is 10.6. The molecule has 1 heterocycles. The van der Waals surface area contributed by atoms with Gasteiger partial charge in [-0.15, -0.1) is 5.10 Å². The van der Waals surface area contributed by atoms with E-state index in [0.29, 0.717) is 17.5 Å². The molecule has 0 amide bonds. The second kappa shape index (κ2) is 3.81. The Balaban J connectivity index is 2.03. The van der Waals surface area contributed by atoms with Crippen LogP contribution in [0.15, 0.2) is 18.2 Å². The minimum absolute atomic E-state index is 0.570. The molecule has 3 heteroatoms. The lowest BCUT2D eigenvalue weighted by Gasteiger charge is -2.32. The topological polar surface area (TPSA) is 49.6 Å². The number of nitrogens with one attached hydrogen (secondary N) is 1. The molecule has 2 aliphatic carbocycles. The summed E-state index contributed by atoms with van der Waals surface area (Å²) in [7, 11) is 0. The van der Waals surface area contributed by atoms with E-state index >= 15 is 0 Å². The van der Waals surface area contributed by atoms with Gasteiger partial charge in [0.05, 0.1) is 5.69 Å². The Morgan fingerprint density at radius 2 is 2.25 bits per heavy atom. The number of fused-ring (bicyclic) bond motifs is 3. The van der Waals surface area contributed by atoms with Gasteiger partial charge in [0.1, 0.15) is 5.69 Å². The number of allylic oxidation sites excluding steroid dienone is 2. The van der Waals surface area contributed by atoms with Crippen molar-refractivity contribution in [3.8, 4) is 0 Å². The van der Waals surface area contributed by atoms with Gasteiger partial charge >= 0.3 is 0 Å². The fourth-order valence-corrected chi connectivity index (χ4v) is 2.89. The summed E-state index contributed by atoms with van der Waals surface area (Å²) in [6, 6.07) is 2.03. The number of hydrogen-bond donors (Lipinski definition) is 1. The highest BCUT2D eigenvalue weighted by molar-refractivity contribution is 5.74. The van der Waals surface area contributed by atoms with Crippen molar-refractivity contribution in [2.75, 3.05) is 0 Å². The minimum Gasteiger partial charge on any atom is -0.306 e. The zero-order chi connectivity index (χ0) is 11.0. The van der Waals surface area contributed by atoms with E-state index in [9.17, 15) is 0 Å². The number of aryl methyl sites for hydroxylation is 1. The molecule has 2 unspecified atom stereocenters. The van der Waals surface area contributed by atoms with Gasteiger partial charge in [-0.25, -0.2) is 0 Å². The third-order valence-corrected chi connectivity index (χ3v) is 3.71. The smallest absolute Gasteiger partial charge is 0.104 e. The zero-order valence-electron chi connectivity index (χ0n) is 9.19. The number of nitrogens with zero attached hydrogens (tertiary/aromatic N) is 2. The third-order valence-electron chi connectivity index (χ3n) is 3.71. The Bertz CT molecular complexity index is 450. The summed E-state index contributed by atoms with van der Waals surface area (Å²) in [5.74, 6) is 1.24. The van der Waals surface area contributed by atoms with Crippen LogP contribution in [0, 0.1) is 11.3 Å². The molecule has 1 aromatic heterocycles.